The number of hydrogen-bond donors (Lipinski definition) is 2. The molecule has 1 spiro atoms. The summed E-state index contributed by atoms with van der Waals surface area (Å²) in [6.45, 7) is 3.50. The number of halogens is 4. The Kier molecular flexibility index (Phi) is 8.12. The Morgan fingerprint density at radius 2 is 1.78 bits per heavy atom. The van der Waals surface area contributed by atoms with Crippen molar-refractivity contribution in [3.8, 4) is 5.75 Å². The summed E-state index contributed by atoms with van der Waals surface area (Å²) in [6, 6.07) is 5.43. The molecular formula is C34H40ClF3N6O4S. The highest BCUT2D eigenvalue weighted by Crippen LogP contribution is 2.67. The lowest BCUT2D eigenvalue weighted by atomic mass is 9.91. The van der Waals surface area contributed by atoms with Crippen molar-refractivity contribution in [2.45, 2.75) is 87.4 Å². The van der Waals surface area contributed by atoms with Gasteiger partial charge < -0.3 is 25.1 Å². The van der Waals surface area contributed by atoms with E-state index in [1.54, 1.807) is 21.1 Å². The lowest BCUT2D eigenvalue weighted by molar-refractivity contribution is -0.143. The number of likely N-dealkylation sites (N-methyl/N-ethyl adjacent to an activating group) is 1. The molecule has 4 amide bonds. The fourth-order valence-corrected chi connectivity index (χ4v) is 10.4. The Labute approximate surface area is 291 Å². The maximum atomic E-state index is 14.1. The summed E-state index contributed by atoms with van der Waals surface area (Å²) in [5.74, 6) is -2.43. The summed E-state index contributed by atoms with van der Waals surface area (Å²) < 4.78 is 41.2. The van der Waals surface area contributed by atoms with E-state index in [0.29, 0.717) is 69.2 Å². The number of piperazine rings is 1. The molecule has 1 aromatic heterocycles. The first-order chi connectivity index (χ1) is 23.3. The number of rotatable bonds is 7. The fraction of sp³-hybridized carbons (Fsp3) is 0.618. The van der Waals surface area contributed by atoms with E-state index in [9.17, 15) is 32.7 Å². The van der Waals surface area contributed by atoms with Gasteiger partial charge in [-0.2, -0.15) is 13.2 Å². The first-order valence-electron chi connectivity index (χ1n) is 17.1. The second-order valence-corrected chi connectivity index (χ2v) is 16.0. The summed E-state index contributed by atoms with van der Waals surface area (Å²) in [5.41, 5.74) is 0.0541. The number of carbonyl (C=O) groups excluding carboxylic acids is 3. The molecule has 0 bridgehead atoms. The third-order valence-electron chi connectivity index (χ3n) is 11.9. The first kappa shape index (κ1) is 33.1. The van der Waals surface area contributed by atoms with Gasteiger partial charge in [0.15, 0.2) is 0 Å². The van der Waals surface area contributed by atoms with Crippen LogP contribution in [0.1, 0.15) is 54.5 Å². The Hall–Kier alpha value is -3.07. The van der Waals surface area contributed by atoms with Crippen LogP contribution in [-0.2, 0) is 28.7 Å². The largest absolute Gasteiger partial charge is 0.506 e. The van der Waals surface area contributed by atoms with E-state index in [-0.39, 0.29) is 42.3 Å². The van der Waals surface area contributed by atoms with Gasteiger partial charge in [-0.3, -0.25) is 19.4 Å². The maximum absolute atomic E-state index is 14.1. The molecule has 5 aliphatic heterocycles. The summed E-state index contributed by atoms with van der Waals surface area (Å²) >= 11 is 7.62. The number of amides is 4. The summed E-state index contributed by atoms with van der Waals surface area (Å²) in [5, 5.41) is 14.5. The van der Waals surface area contributed by atoms with E-state index in [2.05, 4.69) is 22.2 Å². The van der Waals surface area contributed by atoms with E-state index >= 15 is 0 Å². The molecular weight excluding hydrogens is 681 g/mol. The van der Waals surface area contributed by atoms with Crippen LogP contribution in [0.5, 0.6) is 5.75 Å². The topological polar surface area (TPSA) is 99.4 Å². The second-order valence-electron chi connectivity index (χ2n) is 14.6. The molecule has 4 unspecified atom stereocenters. The number of alkyl halides is 3. The third kappa shape index (κ3) is 5.76. The third-order valence-corrected chi connectivity index (χ3v) is 13.1. The molecule has 5 atom stereocenters. The van der Waals surface area contributed by atoms with E-state index in [4.69, 9.17) is 11.6 Å². The lowest BCUT2D eigenvalue weighted by Gasteiger charge is -2.40. The van der Waals surface area contributed by atoms with Gasteiger partial charge in [0.1, 0.15) is 5.75 Å². The van der Waals surface area contributed by atoms with Crippen molar-refractivity contribution in [2.24, 2.45) is 5.92 Å². The van der Waals surface area contributed by atoms with Crippen LogP contribution in [0.2, 0.25) is 5.02 Å². The molecule has 1 saturated carbocycles. The predicted octanol–water partition coefficient (Wildman–Crippen LogP) is 4.85. The number of aromatic hydroxyl groups is 1. The first-order valence-corrected chi connectivity index (χ1v) is 18.4. The SMILES string of the molecule is CN1CC2N(C3CCN(C(=O)[C@H](CC(=O)N4CCC(N5Cc6sccc6NC5=O)CC4)Cc4cc(Cl)c(O)c(C(F)(F)F)c4)CC3)C23CC13. The Morgan fingerprint density at radius 1 is 1.08 bits per heavy atom. The van der Waals surface area contributed by atoms with Crippen LogP contribution in [0, 0.1) is 5.92 Å². The van der Waals surface area contributed by atoms with Crippen LogP contribution in [0.4, 0.5) is 23.7 Å². The number of urea groups is 1. The van der Waals surface area contributed by atoms with E-state index < -0.39 is 28.4 Å². The number of likely N-dealkylation sites (tertiary alicyclic amines) is 3. The number of nitrogens with zero attached hydrogens (tertiary/aromatic N) is 5. The van der Waals surface area contributed by atoms with Gasteiger partial charge >= 0.3 is 12.2 Å². The number of nitrogens with one attached hydrogen (secondary N) is 1. The number of piperidine rings is 3. The molecule has 2 aromatic rings. The molecule has 1 aliphatic carbocycles. The molecule has 6 aliphatic rings. The summed E-state index contributed by atoms with van der Waals surface area (Å²) in [6.07, 6.45) is -1.07. The number of phenols is 1. The normalized spacial score (nSPS) is 29.3. The quantitative estimate of drug-likeness (QED) is 0.398. The minimum Gasteiger partial charge on any atom is -0.506 e. The molecule has 6 heterocycles. The standard InChI is InChI=1S/C34H40ClF3N6O4S/c1-40-18-28-33(16-27(33)40)44(28)22-4-9-42(10-5-22)31(47)20(12-19-13-23(34(36,37)38)30(46)24(35)14-19)15-29(45)41-7-2-21(3-8-41)43-17-26-25(6-11-49-26)39-32(43)48/h6,11,13-14,20-22,27-28,46H,2-5,7-10,12,15-18H2,1H3,(H,39,48)/t20-,27?,28?,33?,44?/m0/s1. The summed E-state index contributed by atoms with van der Waals surface area (Å²) in [4.78, 5) is 52.1. The van der Waals surface area contributed by atoms with Gasteiger partial charge in [-0.05, 0) is 74.7 Å². The van der Waals surface area contributed by atoms with Crippen LogP contribution in [-0.4, -0.2) is 117 Å². The van der Waals surface area contributed by atoms with Crippen LogP contribution in [0.3, 0.4) is 0 Å². The van der Waals surface area contributed by atoms with Crippen LogP contribution >= 0.6 is 22.9 Å². The monoisotopic (exact) mass is 720 g/mol. The van der Waals surface area contributed by atoms with E-state index in [1.165, 1.54) is 12.5 Å². The molecule has 49 heavy (non-hydrogen) atoms. The molecule has 10 nitrogen and oxygen atoms in total. The minimum absolute atomic E-state index is 0.0365. The van der Waals surface area contributed by atoms with Gasteiger partial charge in [-0.1, -0.05) is 11.6 Å². The van der Waals surface area contributed by atoms with Crippen molar-refractivity contribution in [3.05, 3.63) is 44.6 Å². The zero-order chi connectivity index (χ0) is 34.4. The Bertz CT molecular complexity index is 1670. The Balaban J connectivity index is 0.940. The van der Waals surface area contributed by atoms with Gasteiger partial charge in [0.2, 0.25) is 11.8 Å². The van der Waals surface area contributed by atoms with Gasteiger partial charge in [-0.25, -0.2) is 4.79 Å². The molecule has 0 radical (unpaired) electrons. The summed E-state index contributed by atoms with van der Waals surface area (Å²) in [7, 11) is 2.18. The van der Waals surface area contributed by atoms with Crippen LogP contribution in [0.25, 0.3) is 0 Å². The van der Waals surface area contributed by atoms with E-state index in [0.717, 1.165) is 36.0 Å². The number of hydrogen-bond acceptors (Lipinski definition) is 7. The molecule has 1 aromatic carbocycles. The highest BCUT2D eigenvalue weighted by molar-refractivity contribution is 7.10. The smallest absolute Gasteiger partial charge is 0.420 e. The second kappa shape index (κ2) is 12.0. The van der Waals surface area contributed by atoms with Gasteiger partial charge in [0.05, 0.1) is 34.3 Å². The molecule has 4 saturated heterocycles. The number of phenolic OH excluding ortho intramolecular Hbond substituents is 1. The highest BCUT2D eigenvalue weighted by Gasteiger charge is 2.83. The average molecular weight is 721 g/mol. The van der Waals surface area contributed by atoms with Crippen LogP contribution < -0.4 is 5.32 Å². The number of fused-ring (bicyclic) bond motifs is 1. The molecule has 264 valence electrons. The van der Waals surface area contributed by atoms with Crippen molar-refractivity contribution in [3.63, 3.8) is 0 Å². The Morgan fingerprint density at radius 3 is 2.43 bits per heavy atom. The van der Waals surface area contributed by atoms with Gasteiger partial charge in [0, 0.05) is 68.2 Å². The predicted molar refractivity (Wildman–Crippen MR) is 177 cm³/mol. The van der Waals surface area contributed by atoms with Crippen molar-refractivity contribution in [1.29, 1.82) is 0 Å². The number of benzene rings is 1. The average Bonchev–Trinajstić information content (AvgIpc) is 3.86. The zero-order valence-corrected chi connectivity index (χ0v) is 28.8. The number of thiophene rings is 1. The van der Waals surface area contributed by atoms with Crippen molar-refractivity contribution in [2.75, 3.05) is 45.1 Å². The van der Waals surface area contributed by atoms with Crippen molar-refractivity contribution in [1.82, 2.24) is 24.5 Å². The van der Waals surface area contributed by atoms with E-state index in [1.807, 2.05) is 16.3 Å². The molecule has 2 N–H and O–H groups in total. The van der Waals surface area contributed by atoms with Crippen LogP contribution in [0.15, 0.2) is 23.6 Å². The number of carbonyl (C=O) groups is 3. The lowest BCUT2D eigenvalue weighted by Crippen LogP contribution is -2.51. The molecule has 15 heteroatoms. The van der Waals surface area contributed by atoms with Gasteiger partial charge in [-0.15, -0.1) is 11.3 Å². The minimum atomic E-state index is -4.84. The highest BCUT2D eigenvalue weighted by atomic mass is 35.5. The van der Waals surface area contributed by atoms with Crippen molar-refractivity contribution < 1.29 is 32.7 Å². The number of anilines is 1. The van der Waals surface area contributed by atoms with Crippen molar-refractivity contribution >= 4 is 46.5 Å². The maximum Gasteiger partial charge on any atom is 0.420 e. The fourth-order valence-electron chi connectivity index (χ4n) is 9.29. The van der Waals surface area contributed by atoms with Gasteiger partial charge in [0.25, 0.3) is 0 Å². The molecule has 8 rings (SSSR count). The zero-order valence-electron chi connectivity index (χ0n) is 27.2. The molecule has 5 fully saturated rings.